The summed E-state index contributed by atoms with van der Waals surface area (Å²) in [6, 6.07) is 8.92. The van der Waals surface area contributed by atoms with Gasteiger partial charge in [0.1, 0.15) is 5.82 Å². The number of thioether (sulfide) groups is 1. The van der Waals surface area contributed by atoms with Crippen molar-refractivity contribution >= 4 is 29.3 Å². The third-order valence-electron chi connectivity index (χ3n) is 2.31. The summed E-state index contributed by atoms with van der Waals surface area (Å²) in [4.78, 5) is 20.1. The number of hydrogen-bond acceptors (Lipinski definition) is 4. The van der Waals surface area contributed by atoms with Gasteiger partial charge in [-0.3, -0.25) is 0 Å². The van der Waals surface area contributed by atoms with Gasteiger partial charge < -0.3 is 5.11 Å². The minimum atomic E-state index is -1.05. The summed E-state index contributed by atoms with van der Waals surface area (Å²) in [6.07, 6.45) is 0. The van der Waals surface area contributed by atoms with Crippen molar-refractivity contribution in [2.45, 2.75) is 17.6 Å². The van der Waals surface area contributed by atoms with E-state index in [0.717, 1.165) is 4.90 Å². The molecule has 0 aliphatic rings. The second-order valence-corrected chi connectivity index (χ2v) is 5.26. The minimum Gasteiger partial charge on any atom is -0.477 e. The molecule has 0 aliphatic heterocycles. The molecule has 2 rings (SSSR count). The molecule has 4 nitrogen and oxygen atoms in total. The zero-order valence-corrected chi connectivity index (χ0v) is 11.7. The van der Waals surface area contributed by atoms with Gasteiger partial charge >= 0.3 is 5.97 Å². The maximum Gasteiger partial charge on any atom is 0.354 e. The predicted molar refractivity (Wildman–Crippen MR) is 74.7 cm³/mol. The van der Waals surface area contributed by atoms with Gasteiger partial charge in [-0.2, -0.15) is 0 Å². The highest BCUT2D eigenvalue weighted by atomic mass is 35.5. The molecular formula is C13H11ClN2O2S. The van der Waals surface area contributed by atoms with Crippen LogP contribution in [0.5, 0.6) is 0 Å². The average Bonchev–Trinajstić information content (AvgIpc) is 2.37. The Morgan fingerprint density at radius 1 is 1.37 bits per heavy atom. The summed E-state index contributed by atoms with van der Waals surface area (Å²) < 4.78 is 0. The lowest BCUT2D eigenvalue weighted by Crippen LogP contribution is -2.05. The van der Waals surface area contributed by atoms with Crippen molar-refractivity contribution in [1.29, 1.82) is 0 Å². The van der Waals surface area contributed by atoms with E-state index in [1.54, 1.807) is 6.92 Å². The van der Waals surface area contributed by atoms with Crippen LogP contribution in [0.15, 0.2) is 35.2 Å². The van der Waals surface area contributed by atoms with E-state index in [1.165, 1.54) is 17.8 Å². The second kappa shape index (κ2) is 6.04. The van der Waals surface area contributed by atoms with Crippen LogP contribution in [0.3, 0.4) is 0 Å². The Kier molecular flexibility index (Phi) is 4.39. The average molecular weight is 295 g/mol. The number of nitrogens with zero attached hydrogens (tertiary/aromatic N) is 2. The number of carbonyl (C=O) groups is 1. The van der Waals surface area contributed by atoms with Crippen LogP contribution < -0.4 is 0 Å². The molecule has 0 atom stereocenters. The first-order chi connectivity index (χ1) is 9.06. The van der Waals surface area contributed by atoms with Crippen LogP contribution in [-0.2, 0) is 5.75 Å². The van der Waals surface area contributed by atoms with Crippen molar-refractivity contribution in [1.82, 2.24) is 9.97 Å². The van der Waals surface area contributed by atoms with E-state index in [1.807, 2.05) is 24.3 Å². The number of carboxylic acids is 1. The molecule has 1 aromatic carbocycles. The number of aryl methyl sites for hydroxylation is 1. The molecule has 1 N–H and O–H groups in total. The Labute approximate surface area is 119 Å². The number of benzene rings is 1. The summed E-state index contributed by atoms with van der Waals surface area (Å²) in [5, 5.41) is 9.61. The highest BCUT2D eigenvalue weighted by molar-refractivity contribution is 7.98. The number of carboxylic acid groups (broad SMARTS) is 1. The Bertz CT molecular complexity index is 619. The number of aromatic nitrogens is 2. The van der Waals surface area contributed by atoms with E-state index in [0.29, 0.717) is 22.3 Å². The highest BCUT2D eigenvalue weighted by Crippen LogP contribution is 2.28. The van der Waals surface area contributed by atoms with Crippen molar-refractivity contribution < 1.29 is 9.90 Å². The molecule has 98 valence electrons. The van der Waals surface area contributed by atoms with Crippen LogP contribution in [0.1, 0.15) is 22.0 Å². The Morgan fingerprint density at radius 3 is 2.79 bits per heavy atom. The summed E-state index contributed by atoms with van der Waals surface area (Å²) in [5.74, 6) is -0.0806. The molecule has 0 unspecified atom stereocenters. The van der Waals surface area contributed by atoms with Crippen molar-refractivity contribution in [3.63, 3.8) is 0 Å². The first kappa shape index (κ1) is 13.8. The lowest BCUT2D eigenvalue weighted by Gasteiger charge is -2.05. The Morgan fingerprint density at radius 2 is 2.11 bits per heavy atom. The van der Waals surface area contributed by atoms with Gasteiger partial charge in [-0.05, 0) is 25.1 Å². The third-order valence-corrected chi connectivity index (χ3v) is 3.82. The highest BCUT2D eigenvalue weighted by Gasteiger charge is 2.09. The van der Waals surface area contributed by atoms with Gasteiger partial charge in [0, 0.05) is 10.6 Å². The fourth-order valence-electron chi connectivity index (χ4n) is 1.51. The van der Waals surface area contributed by atoms with E-state index in [9.17, 15) is 4.79 Å². The fourth-order valence-corrected chi connectivity index (χ4v) is 2.60. The molecule has 0 fully saturated rings. The molecule has 0 spiro atoms. The van der Waals surface area contributed by atoms with Crippen LogP contribution in [-0.4, -0.2) is 21.0 Å². The molecule has 1 heterocycles. The molecular weight excluding hydrogens is 284 g/mol. The predicted octanol–water partition coefficient (Wildman–Crippen LogP) is 3.43. The first-order valence-electron chi connectivity index (χ1n) is 5.51. The van der Waals surface area contributed by atoms with E-state index < -0.39 is 5.97 Å². The fraction of sp³-hybridized carbons (Fsp3) is 0.154. The number of hydrogen-bond donors (Lipinski definition) is 1. The topological polar surface area (TPSA) is 63.1 Å². The van der Waals surface area contributed by atoms with Gasteiger partial charge in [-0.1, -0.05) is 23.7 Å². The van der Waals surface area contributed by atoms with Gasteiger partial charge in [-0.15, -0.1) is 11.8 Å². The van der Waals surface area contributed by atoms with Gasteiger partial charge in [0.15, 0.2) is 5.69 Å². The van der Waals surface area contributed by atoms with Crippen molar-refractivity contribution in [3.05, 3.63) is 52.6 Å². The molecule has 0 radical (unpaired) electrons. The quantitative estimate of drug-likeness (QED) is 0.875. The number of halogens is 1. The van der Waals surface area contributed by atoms with Crippen LogP contribution >= 0.6 is 23.4 Å². The lowest BCUT2D eigenvalue weighted by molar-refractivity contribution is 0.0689. The normalized spacial score (nSPS) is 10.4. The van der Waals surface area contributed by atoms with Crippen LogP contribution in [0.2, 0.25) is 5.02 Å². The van der Waals surface area contributed by atoms with E-state index in [-0.39, 0.29) is 5.69 Å². The van der Waals surface area contributed by atoms with Crippen LogP contribution in [0.25, 0.3) is 0 Å². The van der Waals surface area contributed by atoms with Gasteiger partial charge in [0.25, 0.3) is 0 Å². The molecule has 0 saturated heterocycles. The van der Waals surface area contributed by atoms with E-state index >= 15 is 0 Å². The molecule has 1 aromatic heterocycles. The first-order valence-corrected chi connectivity index (χ1v) is 6.88. The van der Waals surface area contributed by atoms with E-state index in [4.69, 9.17) is 16.7 Å². The lowest BCUT2D eigenvalue weighted by atomic mass is 10.3. The number of aromatic carboxylic acids is 1. The second-order valence-electron chi connectivity index (χ2n) is 3.84. The van der Waals surface area contributed by atoms with Crippen molar-refractivity contribution in [2.75, 3.05) is 0 Å². The summed E-state index contributed by atoms with van der Waals surface area (Å²) in [5.41, 5.74) is 0.657. The SMILES string of the molecule is Cc1cc(C(=O)O)nc(CSc2ccccc2Cl)n1. The standard InChI is InChI=1S/C13H11ClN2O2S/c1-8-6-10(13(17)18)16-12(15-8)7-19-11-5-3-2-4-9(11)14/h2-6H,7H2,1H3,(H,17,18). The smallest absolute Gasteiger partial charge is 0.354 e. The van der Waals surface area contributed by atoms with Gasteiger partial charge in [0.05, 0.1) is 10.8 Å². The summed E-state index contributed by atoms with van der Waals surface area (Å²) in [7, 11) is 0. The zero-order chi connectivity index (χ0) is 13.8. The van der Waals surface area contributed by atoms with Gasteiger partial charge in [-0.25, -0.2) is 14.8 Å². The van der Waals surface area contributed by atoms with Crippen LogP contribution in [0.4, 0.5) is 0 Å². The molecule has 0 saturated carbocycles. The Balaban J connectivity index is 2.16. The molecule has 19 heavy (non-hydrogen) atoms. The molecule has 0 aliphatic carbocycles. The molecule has 2 aromatic rings. The van der Waals surface area contributed by atoms with Crippen molar-refractivity contribution in [2.24, 2.45) is 0 Å². The molecule has 0 amide bonds. The Hall–Kier alpha value is -1.59. The monoisotopic (exact) mass is 294 g/mol. The number of rotatable bonds is 4. The summed E-state index contributed by atoms with van der Waals surface area (Å²) >= 11 is 7.53. The molecule has 6 heteroatoms. The van der Waals surface area contributed by atoms with E-state index in [2.05, 4.69) is 9.97 Å². The zero-order valence-electron chi connectivity index (χ0n) is 10.1. The maximum atomic E-state index is 10.9. The largest absolute Gasteiger partial charge is 0.477 e. The minimum absolute atomic E-state index is 0.0160. The van der Waals surface area contributed by atoms with Crippen LogP contribution in [0, 0.1) is 6.92 Å². The summed E-state index contributed by atoms with van der Waals surface area (Å²) in [6.45, 7) is 1.75. The van der Waals surface area contributed by atoms with Crippen molar-refractivity contribution in [3.8, 4) is 0 Å². The third kappa shape index (κ3) is 3.68. The molecule has 0 bridgehead atoms. The maximum absolute atomic E-state index is 10.9. The van der Waals surface area contributed by atoms with Gasteiger partial charge in [0.2, 0.25) is 0 Å².